The van der Waals surface area contributed by atoms with E-state index in [1.165, 1.54) is 11.8 Å². The van der Waals surface area contributed by atoms with Gasteiger partial charge in [0.05, 0.1) is 22.2 Å². The van der Waals surface area contributed by atoms with Crippen molar-refractivity contribution in [2.45, 2.75) is 11.3 Å². The van der Waals surface area contributed by atoms with Gasteiger partial charge in [-0.15, -0.1) is 11.3 Å². The highest BCUT2D eigenvalue weighted by Gasteiger charge is 2.07. The van der Waals surface area contributed by atoms with Crippen LogP contribution >= 0.6 is 23.1 Å². The molecule has 0 radical (unpaired) electrons. The molecule has 22 heavy (non-hydrogen) atoms. The highest BCUT2D eigenvalue weighted by atomic mass is 32.2. The molecule has 7 heteroatoms. The summed E-state index contributed by atoms with van der Waals surface area (Å²) in [6, 6.07) is 11.5. The normalized spacial score (nSPS) is 11.8. The minimum absolute atomic E-state index is 0.171. The van der Waals surface area contributed by atoms with Crippen molar-refractivity contribution in [3.05, 3.63) is 48.4 Å². The van der Waals surface area contributed by atoms with Crippen LogP contribution in [0.5, 0.6) is 0 Å². The van der Waals surface area contributed by atoms with Gasteiger partial charge in [0.1, 0.15) is 11.5 Å². The van der Waals surface area contributed by atoms with Crippen molar-refractivity contribution in [1.82, 2.24) is 10.4 Å². The molecule has 3 aromatic rings. The number of fused-ring (bicyclic) bond motifs is 1. The minimum atomic E-state index is -0.171. The molecule has 2 heterocycles. The van der Waals surface area contributed by atoms with Gasteiger partial charge in [0.25, 0.3) is 5.91 Å². The van der Waals surface area contributed by atoms with E-state index in [-0.39, 0.29) is 11.7 Å². The molecule has 0 fully saturated rings. The Morgan fingerprint density at radius 1 is 1.36 bits per heavy atom. The van der Waals surface area contributed by atoms with Crippen molar-refractivity contribution in [2.75, 3.05) is 5.75 Å². The van der Waals surface area contributed by atoms with Gasteiger partial charge in [0.2, 0.25) is 0 Å². The molecule has 0 saturated heterocycles. The summed E-state index contributed by atoms with van der Waals surface area (Å²) < 4.78 is 7.20. The molecule has 0 bridgehead atoms. The summed E-state index contributed by atoms with van der Waals surface area (Å²) in [5, 5.41) is 4.01. The monoisotopic (exact) mass is 331 g/mol. The van der Waals surface area contributed by atoms with Crippen molar-refractivity contribution in [2.24, 2.45) is 5.10 Å². The van der Waals surface area contributed by atoms with Crippen LogP contribution in [0.4, 0.5) is 0 Å². The molecule has 0 aliphatic carbocycles. The average molecular weight is 331 g/mol. The predicted octanol–water partition coefficient (Wildman–Crippen LogP) is 3.52. The molecule has 0 spiro atoms. The number of para-hydroxylation sites is 1. The zero-order valence-electron chi connectivity index (χ0n) is 11.8. The zero-order chi connectivity index (χ0) is 15.4. The number of aromatic nitrogens is 1. The Balaban J connectivity index is 1.55. The highest BCUT2D eigenvalue weighted by Crippen LogP contribution is 2.28. The van der Waals surface area contributed by atoms with E-state index in [2.05, 4.69) is 15.5 Å². The van der Waals surface area contributed by atoms with Gasteiger partial charge in [-0.2, -0.15) is 5.10 Å². The molecule has 5 nitrogen and oxygen atoms in total. The van der Waals surface area contributed by atoms with Crippen LogP contribution in [0.15, 0.2) is 56.5 Å². The van der Waals surface area contributed by atoms with Gasteiger partial charge in [-0.1, -0.05) is 23.9 Å². The second-order valence-corrected chi connectivity index (χ2v) is 6.70. The maximum atomic E-state index is 11.8. The van der Waals surface area contributed by atoms with Crippen molar-refractivity contribution in [3.63, 3.8) is 0 Å². The van der Waals surface area contributed by atoms with E-state index >= 15 is 0 Å². The molecular formula is C15H13N3O2S2. The quantitative estimate of drug-likeness (QED) is 0.441. The lowest BCUT2D eigenvalue weighted by Gasteiger charge is -1.99. The number of nitrogens with one attached hydrogen (secondary N) is 1. The lowest BCUT2D eigenvalue weighted by molar-refractivity contribution is -0.118. The van der Waals surface area contributed by atoms with Gasteiger partial charge < -0.3 is 4.42 Å². The Bertz CT molecular complexity index is 776. The number of nitrogens with zero attached hydrogens (tertiary/aromatic N) is 2. The Kier molecular flexibility index (Phi) is 4.55. The van der Waals surface area contributed by atoms with Crippen molar-refractivity contribution in [1.29, 1.82) is 0 Å². The largest absolute Gasteiger partial charge is 0.463 e. The molecule has 3 rings (SSSR count). The third-order valence-electron chi connectivity index (χ3n) is 2.83. The van der Waals surface area contributed by atoms with Gasteiger partial charge in [-0.05, 0) is 31.2 Å². The van der Waals surface area contributed by atoms with Crippen LogP contribution in [-0.4, -0.2) is 22.4 Å². The van der Waals surface area contributed by atoms with Crippen molar-refractivity contribution >= 4 is 44.9 Å². The molecule has 112 valence electrons. The number of hydrazone groups is 1. The summed E-state index contributed by atoms with van der Waals surface area (Å²) in [6.45, 7) is 1.78. The second-order valence-electron chi connectivity index (χ2n) is 4.45. The number of carbonyl (C=O) groups is 1. The minimum Gasteiger partial charge on any atom is -0.463 e. The number of rotatable bonds is 5. The Morgan fingerprint density at radius 3 is 3.00 bits per heavy atom. The third kappa shape index (κ3) is 3.55. The highest BCUT2D eigenvalue weighted by molar-refractivity contribution is 8.01. The smallest absolute Gasteiger partial charge is 0.250 e. The van der Waals surface area contributed by atoms with Crippen LogP contribution in [0.1, 0.15) is 12.7 Å². The first kappa shape index (κ1) is 14.8. The SMILES string of the molecule is C/C(=N/NC(=O)CSc1nc2ccccc2s1)c1ccco1. The Labute approximate surface area is 135 Å². The summed E-state index contributed by atoms with van der Waals surface area (Å²) in [5.74, 6) is 0.740. The predicted molar refractivity (Wildman–Crippen MR) is 89.4 cm³/mol. The van der Waals surface area contributed by atoms with E-state index in [9.17, 15) is 4.79 Å². The van der Waals surface area contributed by atoms with E-state index < -0.39 is 0 Å². The zero-order valence-corrected chi connectivity index (χ0v) is 13.4. The molecular weight excluding hydrogens is 318 g/mol. The molecule has 1 amide bonds. The third-order valence-corrected chi connectivity index (χ3v) is 5.01. The number of thioether (sulfide) groups is 1. The molecule has 0 aliphatic heterocycles. The molecule has 0 atom stereocenters. The van der Waals surface area contributed by atoms with E-state index in [0.29, 0.717) is 11.5 Å². The Morgan fingerprint density at radius 2 is 2.23 bits per heavy atom. The summed E-state index contributed by atoms with van der Waals surface area (Å²) in [7, 11) is 0. The van der Waals surface area contributed by atoms with Gasteiger partial charge in [-0.25, -0.2) is 10.4 Å². The molecule has 1 N–H and O–H groups in total. The first-order valence-electron chi connectivity index (χ1n) is 6.58. The van der Waals surface area contributed by atoms with Crippen LogP contribution in [-0.2, 0) is 4.79 Å². The number of carbonyl (C=O) groups excluding carboxylic acids is 1. The van der Waals surface area contributed by atoms with Gasteiger partial charge in [0.15, 0.2) is 4.34 Å². The van der Waals surface area contributed by atoms with Crippen LogP contribution in [0.3, 0.4) is 0 Å². The van der Waals surface area contributed by atoms with Gasteiger partial charge >= 0.3 is 0 Å². The first-order chi connectivity index (χ1) is 10.7. The van der Waals surface area contributed by atoms with Crippen LogP contribution < -0.4 is 5.43 Å². The molecule has 0 aliphatic rings. The lowest BCUT2D eigenvalue weighted by Crippen LogP contribution is -2.21. The fourth-order valence-electron chi connectivity index (χ4n) is 1.76. The summed E-state index contributed by atoms with van der Waals surface area (Å²) in [5.41, 5.74) is 4.11. The van der Waals surface area contributed by atoms with Crippen LogP contribution in [0.2, 0.25) is 0 Å². The van der Waals surface area contributed by atoms with Crippen molar-refractivity contribution in [3.8, 4) is 0 Å². The molecule has 1 aromatic carbocycles. The number of hydrogen-bond acceptors (Lipinski definition) is 6. The molecule has 0 saturated carbocycles. The topological polar surface area (TPSA) is 67.5 Å². The summed E-state index contributed by atoms with van der Waals surface area (Å²) in [6.07, 6.45) is 1.57. The van der Waals surface area contributed by atoms with E-state index in [1.807, 2.05) is 24.3 Å². The van der Waals surface area contributed by atoms with Gasteiger partial charge in [-0.3, -0.25) is 4.79 Å². The Hall–Kier alpha value is -2.12. The van der Waals surface area contributed by atoms with Gasteiger partial charge in [0, 0.05) is 0 Å². The standard InChI is InChI=1S/C15H13N3O2S2/c1-10(12-6-4-8-20-12)17-18-14(19)9-21-15-16-11-5-2-3-7-13(11)22-15/h2-8H,9H2,1H3,(H,18,19)/b17-10-. The molecule has 0 unspecified atom stereocenters. The fraction of sp³-hybridized carbons (Fsp3) is 0.133. The van der Waals surface area contributed by atoms with Crippen LogP contribution in [0.25, 0.3) is 10.2 Å². The fourth-order valence-corrected chi connectivity index (χ4v) is 3.62. The van der Waals surface area contributed by atoms with Crippen molar-refractivity contribution < 1.29 is 9.21 Å². The first-order valence-corrected chi connectivity index (χ1v) is 8.38. The number of furan rings is 1. The number of hydrogen-bond donors (Lipinski definition) is 1. The van der Waals surface area contributed by atoms with E-state index in [0.717, 1.165) is 14.6 Å². The summed E-state index contributed by atoms with van der Waals surface area (Å²) >= 11 is 2.99. The summed E-state index contributed by atoms with van der Waals surface area (Å²) in [4.78, 5) is 16.3. The maximum absolute atomic E-state index is 11.8. The number of benzene rings is 1. The second kappa shape index (κ2) is 6.76. The number of thiazole rings is 1. The van der Waals surface area contributed by atoms with E-state index in [4.69, 9.17) is 4.42 Å². The van der Waals surface area contributed by atoms with Crippen LogP contribution in [0, 0.1) is 0 Å². The van der Waals surface area contributed by atoms with E-state index in [1.54, 1.807) is 36.7 Å². The molecule has 2 aromatic heterocycles. The lowest BCUT2D eigenvalue weighted by atomic mass is 10.3. The number of amides is 1. The maximum Gasteiger partial charge on any atom is 0.250 e. The average Bonchev–Trinajstić information content (AvgIpc) is 3.19.